The molecule has 0 bridgehead atoms. The molecule has 0 heterocycles. The molecule has 0 spiro atoms. The van der Waals surface area contributed by atoms with Crippen molar-refractivity contribution in [1.29, 1.82) is 0 Å². The Morgan fingerprint density at radius 2 is 1.59 bits per heavy atom. The minimum Gasteiger partial charge on any atom is -0.345 e. The van der Waals surface area contributed by atoms with Crippen LogP contribution >= 0.6 is 11.6 Å². The zero-order valence-corrected chi connectivity index (χ0v) is 17.2. The van der Waals surface area contributed by atoms with Gasteiger partial charge < -0.3 is 5.32 Å². The summed E-state index contributed by atoms with van der Waals surface area (Å²) in [5.41, 5.74) is 1.17. The fourth-order valence-corrected chi connectivity index (χ4v) is 3.79. The Bertz CT molecular complexity index is 1070. The van der Waals surface area contributed by atoms with Crippen molar-refractivity contribution in [2.45, 2.75) is 17.9 Å². The minimum atomic E-state index is -3.45. The standard InChI is InChI=1S/C17H19ClN2O5S2/c1-11(12-4-7-14(8-5-12)26(2,22)23)19-17(21)15-9-6-13(10-16(15)18)20-27(3,24)25/h4-11,20H,1-3H3,(H,19,21)/t11-/m1/s1. The average molecular weight is 431 g/mol. The van der Waals surface area contributed by atoms with E-state index < -0.39 is 31.8 Å². The third-order valence-corrected chi connectivity index (χ3v) is 5.72. The van der Waals surface area contributed by atoms with Crippen LogP contribution in [0.3, 0.4) is 0 Å². The summed E-state index contributed by atoms with van der Waals surface area (Å²) in [6.45, 7) is 1.75. The van der Waals surface area contributed by atoms with Gasteiger partial charge in [0.25, 0.3) is 5.91 Å². The van der Waals surface area contributed by atoms with E-state index in [1.165, 1.54) is 30.3 Å². The van der Waals surface area contributed by atoms with Gasteiger partial charge in [-0.1, -0.05) is 23.7 Å². The highest BCUT2D eigenvalue weighted by molar-refractivity contribution is 7.92. The number of sulfone groups is 1. The first-order valence-electron chi connectivity index (χ1n) is 7.75. The monoisotopic (exact) mass is 430 g/mol. The first-order valence-corrected chi connectivity index (χ1v) is 11.9. The lowest BCUT2D eigenvalue weighted by Gasteiger charge is -2.16. The molecule has 0 aliphatic heterocycles. The molecule has 1 atom stereocenters. The van der Waals surface area contributed by atoms with Gasteiger partial charge in [-0.05, 0) is 42.8 Å². The van der Waals surface area contributed by atoms with Crippen LogP contribution in [0.1, 0.15) is 28.9 Å². The van der Waals surface area contributed by atoms with Crippen LogP contribution in [-0.2, 0) is 19.9 Å². The third-order valence-electron chi connectivity index (χ3n) is 3.67. The first kappa shape index (κ1) is 21.2. The molecular weight excluding hydrogens is 412 g/mol. The normalized spacial score (nSPS) is 13.0. The molecular formula is C17H19ClN2O5S2. The van der Waals surface area contributed by atoms with E-state index in [4.69, 9.17) is 11.6 Å². The maximum Gasteiger partial charge on any atom is 0.253 e. The van der Waals surface area contributed by atoms with Crippen LogP contribution in [0.25, 0.3) is 0 Å². The molecule has 146 valence electrons. The minimum absolute atomic E-state index is 0.0979. The number of benzene rings is 2. The van der Waals surface area contributed by atoms with Crippen LogP contribution in [0.4, 0.5) is 5.69 Å². The Hall–Kier alpha value is -2.10. The second kappa shape index (κ2) is 7.87. The van der Waals surface area contributed by atoms with Crippen molar-refractivity contribution < 1.29 is 21.6 Å². The quantitative estimate of drug-likeness (QED) is 0.732. The number of amides is 1. The van der Waals surface area contributed by atoms with Gasteiger partial charge in [-0.25, -0.2) is 16.8 Å². The number of carbonyl (C=O) groups excluding carboxylic acids is 1. The van der Waals surface area contributed by atoms with Crippen LogP contribution in [0.2, 0.25) is 5.02 Å². The number of carbonyl (C=O) groups is 1. The van der Waals surface area contributed by atoms with E-state index in [0.29, 0.717) is 0 Å². The molecule has 2 N–H and O–H groups in total. The molecule has 0 aliphatic rings. The molecule has 2 aromatic rings. The fraction of sp³-hybridized carbons (Fsp3) is 0.235. The number of rotatable bonds is 6. The number of hydrogen-bond donors (Lipinski definition) is 2. The van der Waals surface area contributed by atoms with Crippen molar-refractivity contribution in [3.63, 3.8) is 0 Å². The second-order valence-corrected chi connectivity index (χ2v) is 10.3. The molecule has 0 fully saturated rings. The number of anilines is 1. The molecule has 1 amide bonds. The molecule has 0 aromatic heterocycles. The second-order valence-electron chi connectivity index (χ2n) is 6.11. The van der Waals surface area contributed by atoms with Crippen LogP contribution in [0.5, 0.6) is 0 Å². The summed E-state index contributed by atoms with van der Waals surface area (Å²) >= 11 is 6.09. The predicted molar refractivity (Wildman–Crippen MR) is 105 cm³/mol. The Labute approximate surface area is 163 Å². The van der Waals surface area contributed by atoms with Gasteiger partial charge in [0, 0.05) is 11.9 Å². The van der Waals surface area contributed by atoms with E-state index in [1.807, 2.05) is 0 Å². The molecule has 10 heteroatoms. The van der Waals surface area contributed by atoms with E-state index in [-0.39, 0.29) is 21.2 Å². The van der Waals surface area contributed by atoms with Gasteiger partial charge in [0.15, 0.2) is 9.84 Å². The maximum atomic E-state index is 12.4. The summed E-state index contributed by atoms with van der Waals surface area (Å²) in [6, 6.07) is 10.0. The van der Waals surface area contributed by atoms with E-state index in [1.54, 1.807) is 19.1 Å². The highest BCUT2D eigenvalue weighted by Gasteiger charge is 2.16. The average Bonchev–Trinajstić information content (AvgIpc) is 2.52. The number of nitrogens with one attached hydrogen (secondary N) is 2. The molecule has 0 saturated carbocycles. The van der Waals surface area contributed by atoms with Crippen molar-refractivity contribution in [2.75, 3.05) is 17.2 Å². The van der Waals surface area contributed by atoms with E-state index in [2.05, 4.69) is 10.0 Å². The fourth-order valence-electron chi connectivity index (χ4n) is 2.34. The summed E-state index contributed by atoms with van der Waals surface area (Å²) in [4.78, 5) is 12.6. The zero-order valence-electron chi connectivity index (χ0n) is 14.9. The molecule has 0 aliphatic carbocycles. The van der Waals surface area contributed by atoms with Gasteiger partial charge >= 0.3 is 0 Å². The summed E-state index contributed by atoms with van der Waals surface area (Å²) in [5, 5.41) is 2.87. The lowest BCUT2D eigenvalue weighted by molar-refractivity contribution is 0.0940. The van der Waals surface area contributed by atoms with Crippen molar-refractivity contribution in [1.82, 2.24) is 5.32 Å². The lowest BCUT2D eigenvalue weighted by atomic mass is 10.1. The Balaban J connectivity index is 2.14. The molecule has 2 rings (SSSR count). The largest absolute Gasteiger partial charge is 0.345 e. The van der Waals surface area contributed by atoms with Crippen LogP contribution < -0.4 is 10.0 Å². The summed E-state index contributed by atoms with van der Waals surface area (Å²) < 4.78 is 47.8. The van der Waals surface area contributed by atoms with E-state index in [9.17, 15) is 21.6 Å². The number of hydrogen-bond acceptors (Lipinski definition) is 5. The summed E-state index contributed by atoms with van der Waals surface area (Å²) in [6.07, 6.45) is 2.13. The summed E-state index contributed by atoms with van der Waals surface area (Å²) in [7, 11) is -6.74. The lowest BCUT2D eigenvalue weighted by Crippen LogP contribution is -2.27. The molecule has 0 unspecified atom stereocenters. The predicted octanol–water partition coefficient (Wildman–Crippen LogP) is 2.61. The van der Waals surface area contributed by atoms with E-state index in [0.717, 1.165) is 18.1 Å². The molecule has 2 aromatic carbocycles. The van der Waals surface area contributed by atoms with Crippen LogP contribution in [-0.4, -0.2) is 35.3 Å². The van der Waals surface area contributed by atoms with Gasteiger partial charge in [-0.15, -0.1) is 0 Å². The highest BCUT2D eigenvalue weighted by Crippen LogP contribution is 2.23. The number of sulfonamides is 1. The Kier molecular flexibility index (Phi) is 6.18. The molecule has 0 radical (unpaired) electrons. The van der Waals surface area contributed by atoms with Gasteiger partial charge in [0.05, 0.1) is 27.8 Å². The van der Waals surface area contributed by atoms with Gasteiger partial charge in [-0.3, -0.25) is 9.52 Å². The van der Waals surface area contributed by atoms with Crippen molar-refractivity contribution in [3.05, 3.63) is 58.6 Å². The van der Waals surface area contributed by atoms with Crippen LogP contribution in [0.15, 0.2) is 47.4 Å². The first-order chi connectivity index (χ1) is 12.4. The van der Waals surface area contributed by atoms with Gasteiger partial charge in [0.1, 0.15) is 0 Å². The van der Waals surface area contributed by atoms with E-state index >= 15 is 0 Å². The Morgan fingerprint density at radius 3 is 2.07 bits per heavy atom. The van der Waals surface area contributed by atoms with Gasteiger partial charge in [0.2, 0.25) is 10.0 Å². The number of halogens is 1. The summed E-state index contributed by atoms with van der Waals surface area (Å²) in [5.74, 6) is -0.439. The zero-order chi connectivity index (χ0) is 20.4. The highest BCUT2D eigenvalue weighted by atomic mass is 35.5. The van der Waals surface area contributed by atoms with Gasteiger partial charge in [-0.2, -0.15) is 0 Å². The molecule has 27 heavy (non-hydrogen) atoms. The maximum absolute atomic E-state index is 12.4. The Morgan fingerprint density at radius 1 is 1.00 bits per heavy atom. The smallest absolute Gasteiger partial charge is 0.253 e. The van der Waals surface area contributed by atoms with Crippen molar-refractivity contribution in [2.24, 2.45) is 0 Å². The molecule has 0 saturated heterocycles. The van der Waals surface area contributed by atoms with Crippen molar-refractivity contribution in [3.8, 4) is 0 Å². The molecule has 7 nitrogen and oxygen atoms in total. The third kappa shape index (κ3) is 5.95. The SMILES string of the molecule is C[C@@H](NC(=O)c1ccc(NS(C)(=O)=O)cc1Cl)c1ccc(S(C)(=O)=O)cc1. The van der Waals surface area contributed by atoms with Crippen molar-refractivity contribution >= 4 is 43.1 Å². The topological polar surface area (TPSA) is 109 Å². The van der Waals surface area contributed by atoms with Crippen LogP contribution in [0, 0.1) is 0 Å².